The molecule has 0 aromatic carbocycles. The summed E-state index contributed by atoms with van der Waals surface area (Å²) in [5.41, 5.74) is 0. The Morgan fingerprint density at radius 1 is 1.53 bits per heavy atom. The molecule has 1 rings (SSSR count). The SMILES string of the molecule is CSC(CO)C(C)NC(=O)CSC1CCS(=O)(=O)C1. The van der Waals surface area contributed by atoms with E-state index in [1.165, 1.54) is 23.5 Å². The number of carbonyl (C=O) groups is 1. The fraction of sp³-hybridized carbons (Fsp3) is 0.909. The molecule has 0 aromatic rings. The average Bonchev–Trinajstić information content (AvgIpc) is 2.68. The van der Waals surface area contributed by atoms with Gasteiger partial charge in [0.25, 0.3) is 0 Å². The first-order valence-electron chi connectivity index (χ1n) is 6.13. The molecule has 8 heteroatoms. The summed E-state index contributed by atoms with van der Waals surface area (Å²) in [5, 5.41) is 12.0. The highest BCUT2D eigenvalue weighted by molar-refractivity contribution is 8.02. The number of nitrogens with one attached hydrogen (secondary N) is 1. The Morgan fingerprint density at radius 3 is 2.68 bits per heavy atom. The molecule has 1 fully saturated rings. The van der Waals surface area contributed by atoms with Crippen molar-refractivity contribution in [3.05, 3.63) is 0 Å². The van der Waals surface area contributed by atoms with Crippen molar-refractivity contribution in [3.8, 4) is 0 Å². The van der Waals surface area contributed by atoms with Gasteiger partial charge in [-0.1, -0.05) is 0 Å². The van der Waals surface area contributed by atoms with Gasteiger partial charge in [-0.3, -0.25) is 4.79 Å². The lowest BCUT2D eigenvalue weighted by molar-refractivity contribution is -0.119. The summed E-state index contributed by atoms with van der Waals surface area (Å²) < 4.78 is 22.6. The number of aliphatic hydroxyl groups is 1. The van der Waals surface area contributed by atoms with Crippen molar-refractivity contribution in [1.82, 2.24) is 5.32 Å². The summed E-state index contributed by atoms with van der Waals surface area (Å²) in [6.07, 6.45) is 2.53. The third kappa shape index (κ3) is 5.93. The van der Waals surface area contributed by atoms with Gasteiger partial charge in [-0.15, -0.1) is 11.8 Å². The number of carbonyl (C=O) groups excluding carboxylic acids is 1. The van der Waals surface area contributed by atoms with E-state index in [1.807, 2.05) is 13.2 Å². The molecule has 0 aromatic heterocycles. The zero-order valence-corrected chi connectivity index (χ0v) is 13.6. The predicted octanol–water partition coefficient (Wildman–Crippen LogP) is 0.135. The summed E-state index contributed by atoms with van der Waals surface area (Å²) >= 11 is 2.92. The van der Waals surface area contributed by atoms with Crippen LogP contribution in [-0.2, 0) is 14.6 Å². The van der Waals surface area contributed by atoms with Crippen LogP contribution in [0.15, 0.2) is 0 Å². The van der Waals surface area contributed by atoms with Crippen molar-refractivity contribution in [2.75, 3.05) is 30.1 Å². The lowest BCUT2D eigenvalue weighted by Gasteiger charge is -2.21. The molecule has 1 saturated heterocycles. The van der Waals surface area contributed by atoms with Crippen LogP contribution in [0.5, 0.6) is 0 Å². The summed E-state index contributed by atoms with van der Waals surface area (Å²) in [6.45, 7) is 1.89. The molecule has 0 aliphatic carbocycles. The second-order valence-electron chi connectivity index (χ2n) is 4.65. The standard InChI is InChI=1S/C11H21NO4S3/c1-8(10(5-13)17-2)12-11(14)6-18-9-3-4-19(15,16)7-9/h8-10,13H,3-7H2,1-2H3,(H,12,14). The lowest BCUT2D eigenvalue weighted by Crippen LogP contribution is -2.42. The van der Waals surface area contributed by atoms with Crippen molar-refractivity contribution in [2.45, 2.75) is 29.9 Å². The maximum Gasteiger partial charge on any atom is 0.230 e. The van der Waals surface area contributed by atoms with E-state index >= 15 is 0 Å². The first-order valence-corrected chi connectivity index (χ1v) is 10.3. The van der Waals surface area contributed by atoms with E-state index in [1.54, 1.807) is 0 Å². The van der Waals surface area contributed by atoms with Gasteiger partial charge in [-0.2, -0.15) is 11.8 Å². The molecule has 5 nitrogen and oxygen atoms in total. The fourth-order valence-electron chi connectivity index (χ4n) is 1.91. The van der Waals surface area contributed by atoms with E-state index in [-0.39, 0.29) is 46.3 Å². The topological polar surface area (TPSA) is 83.5 Å². The highest BCUT2D eigenvalue weighted by Gasteiger charge is 2.28. The van der Waals surface area contributed by atoms with Crippen molar-refractivity contribution in [2.24, 2.45) is 0 Å². The van der Waals surface area contributed by atoms with Crippen LogP contribution in [0, 0.1) is 0 Å². The van der Waals surface area contributed by atoms with E-state index in [2.05, 4.69) is 5.32 Å². The quantitative estimate of drug-likeness (QED) is 0.692. The number of hydrogen-bond donors (Lipinski definition) is 2. The fourth-order valence-corrected chi connectivity index (χ4v) is 5.99. The van der Waals surface area contributed by atoms with E-state index < -0.39 is 9.84 Å². The molecule has 2 N–H and O–H groups in total. The lowest BCUT2D eigenvalue weighted by atomic mass is 10.2. The van der Waals surface area contributed by atoms with Gasteiger partial charge in [0.1, 0.15) is 0 Å². The van der Waals surface area contributed by atoms with Gasteiger partial charge in [-0.25, -0.2) is 8.42 Å². The normalized spacial score (nSPS) is 24.9. The number of thioether (sulfide) groups is 2. The van der Waals surface area contributed by atoms with Gasteiger partial charge < -0.3 is 10.4 Å². The molecule has 112 valence electrons. The number of amides is 1. The van der Waals surface area contributed by atoms with Gasteiger partial charge in [-0.05, 0) is 19.6 Å². The van der Waals surface area contributed by atoms with Crippen molar-refractivity contribution in [1.29, 1.82) is 0 Å². The molecule has 0 bridgehead atoms. The molecule has 19 heavy (non-hydrogen) atoms. The third-order valence-corrected chi connectivity index (χ3v) is 7.51. The zero-order chi connectivity index (χ0) is 14.5. The summed E-state index contributed by atoms with van der Waals surface area (Å²) in [4.78, 5) is 11.7. The van der Waals surface area contributed by atoms with E-state index in [4.69, 9.17) is 5.11 Å². The number of hydrogen-bond acceptors (Lipinski definition) is 6. The first kappa shape index (κ1) is 17.1. The second-order valence-corrected chi connectivity index (χ2v) is 9.24. The maximum atomic E-state index is 11.7. The van der Waals surface area contributed by atoms with Crippen LogP contribution in [0.25, 0.3) is 0 Å². The van der Waals surface area contributed by atoms with Crippen molar-refractivity contribution in [3.63, 3.8) is 0 Å². The number of aliphatic hydroxyl groups excluding tert-OH is 1. The predicted molar refractivity (Wildman–Crippen MR) is 81.5 cm³/mol. The van der Waals surface area contributed by atoms with Gasteiger partial charge in [0.2, 0.25) is 5.91 Å². The molecular weight excluding hydrogens is 306 g/mol. The van der Waals surface area contributed by atoms with Gasteiger partial charge in [0.15, 0.2) is 9.84 Å². The Balaban J connectivity index is 2.28. The number of sulfone groups is 1. The van der Waals surface area contributed by atoms with E-state index in [0.717, 1.165) is 0 Å². The Hall–Kier alpha value is 0.0800. The highest BCUT2D eigenvalue weighted by atomic mass is 32.2. The minimum Gasteiger partial charge on any atom is -0.395 e. The molecule has 3 atom stereocenters. The second kappa shape index (κ2) is 7.75. The zero-order valence-electron chi connectivity index (χ0n) is 11.2. The molecular formula is C11H21NO4S3. The average molecular weight is 327 g/mol. The molecule has 1 aliphatic heterocycles. The maximum absolute atomic E-state index is 11.7. The largest absolute Gasteiger partial charge is 0.395 e. The third-order valence-electron chi connectivity index (χ3n) is 3.07. The molecule has 1 aliphatic rings. The van der Waals surface area contributed by atoms with Crippen LogP contribution >= 0.6 is 23.5 Å². The van der Waals surface area contributed by atoms with Gasteiger partial charge in [0, 0.05) is 16.5 Å². The summed E-state index contributed by atoms with van der Waals surface area (Å²) in [6, 6.07) is -0.0968. The van der Waals surface area contributed by atoms with Crippen LogP contribution < -0.4 is 5.32 Å². The molecule has 1 heterocycles. The van der Waals surface area contributed by atoms with Crippen LogP contribution in [0.3, 0.4) is 0 Å². The van der Waals surface area contributed by atoms with Gasteiger partial charge >= 0.3 is 0 Å². The van der Waals surface area contributed by atoms with Gasteiger partial charge in [0.05, 0.1) is 23.9 Å². The van der Waals surface area contributed by atoms with Crippen LogP contribution in [0.2, 0.25) is 0 Å². The van der Waals surface area contributed by atoms with Crippen LogP contribution in [-0.4, -0.2) is 66.1 Å². The molecule has 0 saturated carbocycles. The van der Waals surface area contributed by atoms with E-state index in [9.17, 15) is 13.2 Å². The monoisotopic (exact) mass is 327 g/mol. The first-order chi connectivity index (χ1) is 8.88. The summed E-state index contributed by atoms with van der Waals surface area (Å²) in [5.74, 6) is 0.595. The van der Waals surface area contributed by atoms with Crippen molar-refractivity contribution >= 4 is 39.3 Å². The Kier molecular flexibility index (Phi) is 6.99. The van der Waals surface area contributed by atoms with Crippen LogP contribution in [0.1, 0.15) is 13.3 Å². The molecule has 0 radical (unpaired) electrons. The Labute approximate surface area is 123 Å². The minimum absolute atomic E-state index is 0.0131. The summed E-state index contributed by atoms with van der Waals surface area (Å²) in [7, 11) is -2.88. The van der Waals surface area contributed by atoms with Crippen molar-refractivity contribution < 1.29 is 18.3 Å². The highest BCUT2D eigenvalue weighted by Crippen LogP contribution is 2.24. The number of rotatable bonds is 7. The molecule has 3 unspecified atom stereocenters. The Morgan fingerprint density at radius 2 is 2.21 bits per heavy atom. The smallest absolute Gasteiger partial charge is 0.230 e. The molecule has 1 amide bonds. The van der Waals surface area contributed by atoms with E-state index in [0.29, 0.717) is 6.42 Å². The van der Waals surface area contributed by atoms with Crippen LogP contribution in [0.4, 0.5) is 0 Å². The molecule has 0 spiro atoms. The minimum atomic E-state index is -2.88. The Bertz CT molecular complexity index is 395.